The van der Waals surface area contributed by atoms with Gasteiger partial charge >= 0.3 is 0 Å². The van der Waals surface area contributed by atoms with Crippen molar-refractivity contribution < 1.29 is 8.42 Å². The van der Waals surface area contributed by atoms with Crippen molar-refractivity contribution in [2.75, 3.05) is 17.6 Å². The summed E-state index contributed by atoms with van der Waals surface area (Å²) in [6.07, 6.45) is 2.21. The van der Waals surface area contributed by atoms with Crippen LogP contribution in [0.2, 0.25) is 0 Å². The van der Waals surface area contributed by atoms with Crippen LogP contribution < -0.4 is 5.32 Å². The van der Waals surface area contributed by atoms with Gasteiger partial charge in [-0.3, -0.25) is 0 Å². The second-order valence-corrected chi connectivity index (χ2v) is 6.71. The van der Waals surface area contributed by atoms with Crippen molar-refractivity contribution in [1.82, 2.24) is 0 Å². The molecule has 1 aromatic rings. The van der Waals surface area contributed by atoms with Crippen LogP contribution in [0.15, 0.2) is 29.2 Å². The van der Waals surface area contributed by atoms with Crippen molar-refractivity contribution in [3.8, 4) is 0 Å². The summed E-state index contributed by atoms with van der Waals surface area (Å²) in [5.41, 5.74) is 0.728. The molecular weight excluding hydrogens is 246 g/mol. The average Bonchev–Trinajstić information content (AvgIpc) is 2.40. The lowest BCUT2D eigenvalue weighted by Gasteiger charge is -2.16. The minimum atomic E-state index is -3.15. The summed E-state index contributed by atoms with van der Waals surface area (Å²) in [5.74, 6) is 0.721. The molecule has 0 radical (unpaired) electrons. The highest BCUT2D eigenvalue weighted by Crippen LogP contribution is 2.22. The Hall–Kier alpha value is -1.03. The van der Waals surface area contributed by atoms with Crippen LogP contribution in [0.4, 0.5) is 5.69 Å². The Morgan fingerprint density at radius 2 is 1.72 bits per heavy atom. The molecule has 18 heavy (non-hydrogen) atoms. The first-order valence-corrected chi connectivity index (χ1v) is 8.26. The van der Waals surface area contributed by atoms with Gasteiger partial charge in [0.2, 0.25) is 0 Å². The van der Waals surface area contributed by atoms with Crippen molar-refractivity contribution in [2.24, 2.45) is 5.92 Å². The predicted octanol–water partition coefficient (Wildman–Crippen LogP) is 3.33. The molecule has 0 bridgehead atoms. The molecule has 0 saturated carbocycles. The second kappa shape index (κ2) is 6.78. The van der Waals surface area contributed by atoms with Gasteiger partial charge in [0, 0.05) is 6.54 Å². The highest BCUT2D eigenvalue weighted by atomic mass is 32.2. The number of hydrogen-bond acceptors (Lipinski definition) is 3. The summed E-state index contributed by atoms with van der Waals surface area (Å²) in [4.78, 5) is 0.415. The lowest BCUT2D eigenvalue weighted by Crippen LogP contribution is -2.15. The summed E-state index contributed by atoms with van der Waals surface area (Å²) in [6.45, 7) is 6.81. The minimum absolute atomic E-state index is 0.136. The highest BCUT2D eigenvalue weighted by Gasteiger charge is 2.16. The Morgan fingerprint density at radius 3 is 2.28 bits per heavy atom. The van der Waals surface area contributed by atoms with E-state index in [0.29, 0.717) is 10.8 Å². The Kier molecular flexibility index (Phi) is 5.66. The third kappa shape index (κ3) is 3.73. The molecule has 4 heteroatoms. The monoisotopic (exact) mass is 269 g/mol. The van der Waals surface area contributed by atoms with Gasteiger partial charge in [0.25, 0.3) is 0 Å². The zero-order chi connectivity index (χ0) is 13.6. The van der Waals surface area contributed by atoms with Crippen LogP contribution in [-0.2, 0) is 9.84 Å². The maximum Gasteiger partial charge on any atom is 0.180 e. The van der Waals surface area contributed by atoms with Gasteiger partial charge in [0.1, 0.15) is 0 Å². The van der Waals surface area contributed by atoms with Crippen molar-refractivity contribution in [3.05, 3.63) is 24.3 Å². The summed E-state index contributed by atoms with van der Waals surface area (Å²) in [7, 11) is -3.15. The molecule has 1 rings (SSSR count). The van der Waals surface area contributed by atoms with E-state index >= 15 is 0 Å². The Labute approximate surface area is 111 Å². The van der Waals surface area contributed by atoms with E-state index in [1.807, 2.05) is 12.1 Å². The van der Waals surface area contributed by atoms with Gasteiger partial charge in [-0.2, -0.15) is 0 Å². The Bertz CT molecular complexity index is 464. The molecule has 0 aromatic heterocycles. The van der Waals surface area contributed by atoms with Crippen LogP contribution >= 0.6 is 0 Å². The van der Waals surface area contributed by atoms with Crippen LogP contribution in [0.25, 0.3) is 0 Å². The molecule has 0 aliphatic carbocycles. The normalized spacial score (nSPS) is 11.8. The fourth-order valence-electron chi connectivity index (χ4n) is 1.87. The largest absolute Gasteiger partial charge is 0.384 e. The first-order chi connectivity index (χ1) is 8.55. The number of sulfone groups is 1. The predicted molar refractivity (Wildman–Crippen MR) is 76.7 cm³/mol. The van der Waals surface area contributed by atoms with E-state index in [1.54, 1.807) is 19.1 Å². The van der Waals surface area contributed by atoms with E-state index in [0.717, 1.165) is 25.1 Å². The zero-order valence-electron chi connectivity index (χ0n) is 11.4. The number of rotatable bonds is 7. The number of hydrogen-bond donors (Lipinski definition) is 1. The fraction of sp³-hybridized carbons (Fsp3) is 0.571. The van der Waals surface area contributed by atoms with Gasteiger partial charge in [-0.1, -0.05) is 45.7 Å². The molecule has 0 atom stereocenters. The third-order valence-electron chi connectivity index (χ3n) is 3.34. The lowest BCUT2D eigenvalue weighted by molar-refractivity contribution is 0.518. The van der Waals surface area contributed by atoms with Crippen LogP contribution in [0, 0.1) is 5.92 Å². The summed E-state index contributed by atoms with van der Waals surface area (Å²) in [5, 5.41) is 3.28. The van der Waals surface area contributed by atoms with E-state index in [-0.39, 0.29) is 5.75 Å². The van der Waals surface area contributed by atoms with Gasteiger partial charge in [0.05, 0.1) is 16.3 Å². The molecule has 0 saturated heterocycles. The lowest BCUT2D eigenvalue weighted by atomic mass is 10.0. The van der Waals surface area contributed by atoms with Crippen molar-refractivity contribution >= 4 is 15.5 Å². The van der Waals surface area contributed by atoms with Crippen molar-refractivity contribution in [1.29, 1.82) is 0 Å². The van der Waals surface area contributed by atoms with Gasteiger partial charge < -0.3 is 5.32 Å². The number of para-hydroxylation sites is 1. The highest BCUT2D eigenvalue weighted by molar-refractivity contribution is 7.91. The van der Waals surface area contributed by atoms with Crippen molar-refractivity contribution in [2.45, 2.75) is 38.5 Å². The van der Waals surface area contributed by atoms with E-state index in [1.165, 1.54) is 0 Å². The smallest absolute Gasteiger partial charge is 0.180 e. The maximum absolute atomic E-state index is 12.0. The molecule has 0 aliphatic heterocycles. The van der Waals surface area contributed by atoms with Gasteiger partial charge in [-0.15, -0.1) is 0 Å². The number of benzene rings is 1. The zero-order valence-corrected chi connectivity index (χ0v) is 12.3. The van der Waals surface area contributed by atoms with Gasteiger partial charge in [0.15, 0.2) is 9.84 Å². The molecule has 0 amide bonds. The topological polar surface area (TPSA) is 46.2 Å². The molecule has 1 aromatic carbocycles. The molecule has 0 heterocycles. The molecule has 0 spiro atoms. The fourth-order valence-corrected chi connectivity index (χ4v) is 2.94. The van der Waals surface area contributed by atoms with Crippen LogP contribution in [-0.4, -0.2) is 20.7 Å². The SMILES string of the molecule is CCC(CC)CNc1ccccc1S(=O)(=O)CC. The number of anilines is 1. The molecule has 102 valence electrons. The van der Waals surface area contributed by atoms with Crippen LogP contribution in [0.5, 0.6) is 0 Å². The standard InChI is InChI=1S/C14H23NO2S/c1-4-12(5-2)11-15-13-9-7-8-10-14(13)18(16,17)6-3/h7-10,12,15H,4-6,11H2,1-3H3. The third-order valence-corrected chi connectivity index (χ3v) is 5.12. The molecular formula is C14H23NO2S. The Balaban J connectivity index is 2.90. The van der Waals surface area contributed by atoms with Crippen molar-refractivity contribution in [3.63, 3.8) is 0 Å². The first-order valence-electron chi connectivity index (χ1n) is 6.60. The van der Waals surface area contributed by atoms with E-state index in [9.17, 15) is 8.42 Å². The maximum atomic E-state index is 12.0. The first kappa shape index (κ1) is 15.0. The number of nitrogens with one attached hydrogen (secondary N) is 1. The van der Waals surface area contributed by atoms with Gasteiger partial charge in [-0.25, -0.2) is 8.42 Å². The quantitative estimate of drug-likeness (QED) is 0.826. The van der Waals surface area contributed by atoms with Crippen LogP contribution in [0.1, 0.15) is 33.6 Å². The second-order valence-electron chi connectivity index (χ2n) is 4.46. The summed E-state index contributed by atoms with van der Waals surface area (Å²) >= 11 is 0. The molecule has 0 aliphatic rings. The summed E-state index contributed by atoms with van der Waals surface area (Å²) < 4.78 is 23.9. The molecule has 0 fully saturated rings. The average molecular weight is 269 g/mol. The molecule has 0 unspecified atom stereocenters. The summed E-state index contributed by atoms with van der Waals surface area (Å²) in [6, 6.07) is 7.15. The Morgan fingerprint density at radius 1 is 1.11 bits per heavy atom. The molecule has 3 nitrogen and oxygen atoms in total. The minimum Gasteiger partial charge on any atom is -0.384 e. The van der Waals surface area contributed by atoms with E-state index in [4.69, 9.17) is 0 Å². The van der Waals surface area contributed by atoms with Crippen LogP contribution in [0.3, 0.4) is 0 Å². The van der Waals surface area contributed by atoms with E-state index < -0.39 is 9.84 Å². The van der Waals surface area contributed by atoms with E-state index in [2.05, 4.69) is 19.2 Å². The molecule has 1 N–H and O–H groups in total. The van der Waals surface area contributed by atoms with Gasteiger partial charge in [-0.05, 0) is 18.1 Å².